The van der Waals surface area contributed by atoms with Crippen molar-refractivity contribution in [2.45, 2.75) is 45.2 Å². The van der Waals surface area contributed by atoms with Gasteiger partial charge in [0.15, 0.2) is 0 Å². The third kappa shape index (κ3) is 4.85. The first-order chi connectivity index (χ1) is 9.39. The van der Waals surface area contributed by atoms with E-state index in [0.29, 0.717) is 0 Å². The Balaban J connectivity index is 2.46. The van der Waals surface area contributed by atoms with Gasteiger partial charge in [0.2, 0.25) is 0 Å². The Hall–Kier alpha value is -1.55. The van der Waals surface area contributed by atoms with Gasteiger partial charge in [-0.05, 0) is 51.3 Å². The molecule has 0 bridgehead atoms. The van der Waals surface area contributed by atoms with Crippen LogP contribution in [0.4, 0.5) is 0 Å². The SMILES string of the molecule is COC(=O)C(C)(C)NC(C)CCc1ccc(OC)cc1. The Bertz CT molecular complexity index is 426. The molecule has 1 aromatic carbocycles. The standard InChI is InChI=1S/C16H25NO3/c1-12(17-16(2,3)15(18)20-5)6-7-13-8-10-14(19-4)11-9-13/h8-12,17H,6-7H2,1-5H3. The molecule has 0 aliphatic heterocycles. The second-order valence-electron chi connectivity index (χ2n) is 5.55. The van der Waals surface area contributed by atoms with Crippen molar-refractivity contribution in [2.24, 2.45) is 0 Å². The number of rotatable bonds is 7. The van der Waals surface area contributed by atoms with E-state index < -0.39 is 5.54 Å². The van der Waals surface area contributed by atoms with Crippen LogP contribution in [-0.4, -0.2) is 31.8 Å². The molecule has 0 saturated heterocycles. The molecular formula is C16H25NO3. The summed E-state index contributed by atoms with van der Waals surface area (Å²) in [6, 6.07) is 8.29. The normalized spacial score (nSPS) is 12.8. The highest BCUT2D eigenvalue weighted by molar-refractivity contribution is 5.79. The maximum atomic E-state index is 11.6. The molecule has 4 heteroatoms. The minimum absolute atomic E-state index is 0.228. The Morgan fingerprint density at radius 3 is 2.35 bits per heavy atom. The summed E-state index contributed by atoms with van der Waals surface area (Å²) in [6.07, 6.45) is 1.90. The first-order valence-electron chi connectivity index (χ1n) is 6.88. The van der Waals surface area contributed by atoms with Gasteiger partial charge in [0.1, 0.15) is 11.3 Å². The van der Waals surface area contributed by atoms with Gasteiger partial charge in [0.05, 0.1) is 14.2 Å². The highest BCUT2D eigenvalue weighted by Crippen LogP contribution is 2.14. The van der Waals surface area contributed by atoms with E-state index in [1.807, 2.05) is 26.0 Å². The lowest BCUT2D eigenvalue weighted by Crippen LogP contribution is -2.51. The van der Waals surface area contributed by atoms with E-state index in [1.54, 1.807) is 7.11 Å². The van der Waals surface area contributed by atoms with Crippen molar-refractivity contribution in [1.29, 1.82) is 0 Å². The predicted octanol–water partition coefficient (Wildman–Crippen LogP) is 2.56. The molecule has 4 nitrogen and oxygen atoms in total. The third-order valence-corrected chi connectivity index (χ3v) is 3.33. The van der Waals surface area contributed by atoms with Crippen molar-refractivity contribution in [1.82, 2.24) is 5.32 Å². The van der Waals surface area contributed by atoms with Gasteiger partial charge in [-0.3, -0.25) is 10.1 Å². The van der Waals surface area contributed by atoms with Gasteiger partial charge in [-0.1, -0.05) is 12.1 Å². The van der Waals surface area contributed by atoms with Crippen LogP contribution in [0.1, 0.15) is 32.8 Å². The lowest BCUT2D eigenvalue weighted by Gasteiger charge is -2.27. The van der Waals surface area contributed by atoms with Crippen LogP contribution in [0.15, 0.2) is 24.3 Å². The highest BCUT2D eigenvalue weighted by Gasteiger charge is 2.29. The van der Waals surface area contributed by atoms with Gasteiger partial charge in [-0.2, -0.15) is 0 Å². The number of aryl methyl sites for hydroxylation is 1. The number of esters is 1. The summed E-state index contributed by atoms with van der Waals surface area (Å²) < 4.78 is 9.92. The Labute approximate surface area is 121 Å². The Kier molecular flexibility index (Phi) is 6.02. The summed E-state index contributed by atoms with van der Waals surface area (Å²) >= 11 is 0. The van der Waals surface area contributed by atoms with Gasteiger partial charge in [-0.15, -0.1) is 0 Å². The van der Waals surface area contributed by atoms with Crippen molar-refractivity contribution < 1.29 is 14.3 Å². The van der Waals surface area contributed by atoms with Crippen LogP contribution in [0.25, 0.3) is 0 Å². The van der Waals surface area contributed by atoms with Gasteiger partial charge in [0, 0.05) is 6.04 Å². The second kappa shape index (κ2) is 7.29. The number of carbonyl (C=O) groups excluding carboxylic acids is 1. The van der Waals surface area contributed by atoms with Crippen molar-refractivity contribution in [2.75, 3.05) is 14.2 Å². The molecule has 20 heavy (non-hydrogen) atoms. The van der Waals surface area contributed by atoms with Gasteiger partial charge in [0.25, 0.3) is 0 Å². The molecule has 0 amide bonds. The molecule has 1 atom stereocenters. The number of ether oxygens (including phenoxy) is 2. The van der Waals surface area contributed by atoms with Crippen molar-refractivity contribution in [3.63, 3.8) is 0 Å². The topological polar surface area (TPSA) is 47.6 Å². The predicted molar refractivity (Wildman–Crippen MR) is 80.0 cm³/mol. The average molecular weight is 279 g/mol. The lowest BCUT2D eigenvalue weighted by molar-refractivity contribution is -0.147. The van der Waals surface area contributed by atoms with Gasteiger partial charge >= 0.3 is 5.97 Å². The van der Waals surface area contributed by atoms with Crippen molar-refractivity contribution in [3.8, 4) is 5.75 Å². The summed E-state index contributed by atoms with van der Waals surface area (Å²) in [5.41, 5.74) is 0.601. The molecule has 0 aliphatic rings. The smallest absolute Gasteiger partial charge is 0.325 e. The largest absolute Gasteiger partial charge is 0.497 e. The summed E-state index contributed by atoms with van der Waals surface area (Å²) in [5.74, 6) is 0.626. The molecule has 1 rings (SSSR count). The molecule has 0 saturated carbocycles. The van der Waals surface area contributed by atoms with Crippen LogP contribution in [-0.2, 0) is 16.0 Å². The third-order valence-electron chi connectivity index (χ3n) is 3.33. The van der Waals surface area contributed by atoms with Crippen molar-refractivity contribution >= 4 is 5.97 Å². The molecule has 1 aromatic rings. The van der Waals surface area contributed by atoms with Crippen LogP contribution in [0.3, 0.4) is 0 Å². The molecule has 0 radical (unpaired) electrons. The van der Waals surface area contributed by atoms with Crippen LogP contribution in [0, 0.1) is 0 Å². The summed E-state index contributed by atoms with van der Waals surface area (Å²) in [7, 11) is 3.07. The molecule has 0 fully saturated rings. The Morgan fingerprint density at radius 1 is 1.25 bits per heavy atom. The van der Waals surface area contributed by atoms with Crippen LogP contribution in [0.2, 0.25) is 0 Å². The Morgan fingerprint density at radius 2 is 1.85 bits per heavy atom. The second-order valence-corrected chi connectivity index (χ2v) is 5.55. The van der Waals surface area contributed by atoms with E-state index >= 15 is 0 Å². The van der Waals surface area contributed by atoms with E-state index in [-0.39, 0.29) is 12.0 Å². The number of benzene rings is 1. The van der Waals surface area contributed by atoms with Gasteiger partial charge < -0.3 is 9.47 Å². The molecule has 1 N–H and O–H groups in total. The molecule has 0 spiro atoms. The number of carbonyl (C=O) groups is 1. The lowest BCUT2D eigenvalue weighted by atomic mass is 10.0. The van der Waals surface area contributed by atoms with Crippen LogP contribution in [0.5, 0.6) is 5.75 Å². The highest BCUT2D eigenvalue weighted by atomic mass is 16.5. The summed E-state index contributed by atoms with van der Waals surface area (Å²) in [6.45, 7) is 5.75. The van der Waals surface area contributed by atoms with E-state index in [9.17, 15) is 4.79 Å². The monoisotopic (exact) mass is 279 g/mol. The minimum Gasteiger partial charge on any atom is -0.497 e. The first-order valence-corrected chi connectivity index (χ1v) is 6.88. The molecule has 0 heterocycles. The van der Waals surface area contributed by atoms with E-state index in [4.69, 9.17) is 9.47 Å². The zero-order chi connectivity index (χ0) is 15.2. The fourth-order valence-electron chi connectivity index (χ4n) is 2.18. The number of methoxy groups -OCH3 is 2. The number of nitrogens with one attached hydrogen (secondary N) is 1. The minimum atomic E-state index is -0.659. The summed E-state index contributed by atoms with van der Waals surface area (Å²) in [4.78, 5) is 11.6. The zero-order valence-corrected chi connectivity index (χ0v) is 13.0. The van der Waals surface area contributed by atoms with Crippen LogP contribution < -0.4 is 10.1 Å². The van der Waals surface area contributed by atoms with Gasteiger partial charge in [-0.25, -0.2) is 0 Å². The fourth-order valence-corrected chi connectivity index (χ4v) is 2.18. The van der Waals surface area contributed by atoms with E-state index in [0.717, 1.165) is 18.6 Å². The van der Waals surface area contributed by atoms with E-state index in [2.05, 4.69) is 24.4 Å². The number of hydrogen-bond donors (Lipinski definition) is 1. The molecule has 0 aromatic heterocycles. The molecule has 0 aliphatic carbocycles. The number of hydrogen-bond acceptors (Lipinski definition) is 4. The fraction of sp³-hybridized carbons (Fsp3) is 0.562. The quantitative estimate of drug-likeness (QED) is 0.779. The maximum Gasteiger partial charge on any atom is 0.325 e. The van der Waals surface area contributed by atoms with Crippen LogP contribution >= 0.6 is 0 Å². The van der Waals surface area contributed by atoms with Crippen molar-refractivity contribution in [3.05, 3.63) is 29.8 Å². The molecular weight excluding hydrogens is 254 g/mol. The van der Waals surface area contributed by atoms with E-state index in [1.165, 1.54) is 12.7 Å². The first kappa shape index (κ1) is 16.5. The molecule has 112 valence electrons. The summed E-state index contributed by atoms with van der Waals surface area (Å²) in [5, 5.41) is 3.30. The average Bonchev–Trinajstić information content (AvgIpc) is 2.44. The molecule has 1 unspecified atom stereocenters. The zero-order valence-electron chi connectivity index (χ0n) is 13.0. The maximum absolute atomic E-state index is 11.6.